The van der Waals surface area contributed by atoms with Crippen LogP contribution >= 0.6 is 0 Å². The molecule has 2 aliphatic rings. The Bertz CT molecular complexity index is 516. The molecule has 0 radical (unpaired) electrons. The Morgan fingerprint density at radius 1 is 1.04 bits per heavy atom. The van der Waals surface area contributed by atoms with E-state index in [0.29, 0.717) is 25.0 Å². The summed E-state index contributed by atoms with van der Waals surface area (Å²) in [5.74, 6) is 0.797. The number of hydrogen-bond donors (Lipinski definition) is 0. The van der Waals surface area contributed by atoms with Crippen molar-refractivity contribution in [3.05, 3.63) is 0 Å². The van der Waals surface area contributed by atoms with Gasteiger partial charge in [0.1, 0.15) is 5.60 Å². The summed E-state index contributed by atoms with van der Waals surface area (Å²) < 4.78 is 5.53. The number of rotatable bonds is 5. The summed E-state index contributed by atoms with van der Waals surface area (Å²) in [6, 6.07) is 0.596. The largest absolute Gasteiger partial charge is 0.444 e. The molecule has 6 nitrogen and oxygen atoms in total. The Kier molecular flexibility index (Phi) is 8.17. The number of amides is 2. The molecular weight excluding hydrogens is 354 g/mol. The molecule has 0 aromatic heterocycles. The van der Waals surface area contributed by atoms with Crippen LogP contribution in [0.5, 0.6) is 0 Å². The number of piperazine rings is 1. The van der Waals surface area contributed by atoms with Crippen LogP contribution in [0.3, 0.4) is 0 Å². The van der Waals surface area contributed by atoms with Crippen molar-refractivity contribution in [3.63, 3.8) is 0 Å². The molecule has 0 spiro atoms. The summed E-state index contributed by atoms with van der Waals surface area (Å²) in [6.45, 7) is 15.5. The Labute approximate surface area is 171 Å². The lowest BCUT2D eigenvalue weighted by Gasteiger charge is -2.45. The van der Waals surface area contributed by atoms with E-state index in [1.165, 1.54) is 32.1 Å². The number of carbonyl (C=O) groups excluding carboxylic acids is 2. The molecule has 1 aliphatic carbocycles. The molecule has 1 atom stereocenters. The van der Waals surface area contributed by atoms with Gasteiger partial charge in [-0.3, -0.25) is 9.69 Å². The van der Waals surface area contributed by atoms with Gasteiger partial charge in [-0.2, -0.15) is 0 Å². The van der Waals surface area contributed by atoms with Crippen molar-refractivity contribution in [3.8, 4) is 0 Å². The molecule has 0 N–H and O–H groups in total. The fraction of sp³-hybridized carbons (Fsp3) is 0.909. The van der Waals surface area contributed by atoms with Crippen LogP contribution < -0.4 is 0 Å². The van der Waals surface area contributed by atoms with E-state index < -0.39 is 5.60 Å². The fourth-order valence-corrected chi connectivity index (χ4v) is 4.55. The normalized spacial score (nSPS) is 20.9. The highest BCUT2D eigenvalue weighted by Crippen LogP contribution is 2.30. The summed E-state index contributed by atoms with van der Waals surface area (Å²) in [7, 11) is 0. The number of nitrogens with zero attached hydrogens (tertiary/aromatic N) is 3. The lowest BCUT2D eigenvalue weighted by atomic mass is 9.82. The van der Waals surface area contributed by atoms with E-state index in [4.69, 9.17) is 4.74 Å². The second kappa shape index (κ2) is 9.95. The molecule has 2 amide bonds. The highest BCUT2D eigenvalue weighted by Gasteiger charge is 2.35. The van der Waals surface area contributed by atoms with E-state index >= 15 is 0 Å². The van der Waals surface area contributed by atoms with Crippen LogP contribution in [0.15, 0.2) is 0 Å². The lowest BCUT2D eigenvalue weighted by molar-refractivity contribution is -0.132. The van der Waals surface area contributed by atoms with Gasteiger partial charge in [0.25, 0.3) is 0 Å². The van der Waals surface area contributed by atoms with Crippen molar-refractivity contribution >= 4 is 12.0 Å². The van der Waals surface area contributed by atoms with Crippen molar-refractivity contribution in [2.24, 2.45) is 5.92 Å². The smallest absolute Gasteiger partial charge is 0.410 e. The highest BCUT2D eigenvalue weighted by molar-refractivity contribution is 5.73. The van der Waals surface area contributed by atoms with Crippen molar-refractivity contribution in [2.45, 2.75) is 91.3 Å². The first-order valence-electron chi connectivity index (χ1n) is 11.1. The number of hydrogen-bond acceptors (Lipinski definition) is 4. The molecule has 6 heteroatoms. The molecule has 0 aromatic carbocycles. The van der Waals surface area contributed by atoms with Gasteiger partial charge in [0.15, 0.2) is 0 Å². The first-order chi connectivity index (χ1) is 13.1. The molecule has 0 aromatic rings. The maximum atomic E-state index is 12.4. The van der Waals surface area contributed by atoms with Crippen LogP contribution in [-0.2, 0) is 9.53 Å². The van der Waals surface area contributed by atoms with Crippen LogP contribution in [-0.4, -0.2) is 77.1 Å². The Hall–Kier alpha value is -1.30. The fourth-order valence-electron chi connectivity index (χ4n) is 4.55. The van der Waals surface area contributed by atoms with Crippen LogP contribution in [0.1, 0.15) is 73.6 Å². The molecule has 0 bridgehead atoms. The predicted molar refractivity (Wildman–Crippen MR) is 112 cm³/mol. The average Bonchev–Trinajstić information content (AvgIpc) is 2.61. The molecular formula is C22H41N3O3. The van der Waals surface area contributed by atoms with E-state index in [1.807, 2.05) is 30.6 Å². The second-order valence-corrected chi connectivity index (χ2v) is 9.73. The molecule has 28 heavy (non-hydrogen) atoms. The van der Waals surface area contributed by atoms with E-state index in [9.17, 15) is 9.59 Å². The standard InChI is InChI=1S/C22H41N3O3/c1-17(2)25(18(3)26)16-20(19-10-8-7-9-11-19)23-12-14-24(15-13-23)21(27)28-22(4,5)6/h17,19-20H,7-16H2,1-6H3. The van der Waals surface area contributed by atoms with Gasteiger partial charge in [0.2, 0.25) is 5.91 Å². The Balaban J connectivity index is 2.03. The predicted octanol–water partition coefficient (Wildman–Crippen LogP) is 3.74. The van der Waals surface area contributed by atoms with Gasteiger partial charge in [-0.15, -0.1) is 0 Å². The highest BCUT2D eigenvalue weighted by atomic mass is 16.6. The zero-order valence-electron chi connectivity index (χ0n) is 18.9. The van der Waals surface area contributed by atoms with Gasteiger partial charge < -0.3 is 14.5 Å². The quantitative estimate of drug-likeness (QED) is 0.711. The Morgan fingerprint density at radius 3 is 2.07 bits per heavy atom. The van der Waals surface area contributed by atoms with Crippen LogP contribution in [0.4, 0.5) is 4.79 Å². The van der Waals surface area contributed by atoms with E-state index in [-0.39, 0.29) is 18.0 Å². The minimum absolute atomic E-state index is 0.156. The summed E-state index contributed by atoms with van der Waals surface area (Å²) >= 11 is 0. The number of carbonyl (C=O) groups is 2. The van der Waals surface area contributed by atoms with Crippen LogP contribution in [0.2, 0.25) is 0 Å². The lowest BCUT2D eigenvalue weighted by Crippen LogP contribution is -2.58. The molecule has 2 fully saturated rings. The molecule has 162 valence electrons. The van der Waals surface area contributed by atoms with Gasteiger partial charge in [-0.1, -0.05) is 19.3 Å². The third-order valence-electron chi connectivity index (χ3n) is 6.04. The third kappa shape index (κ3) is 6.64. The summed E-state index contributed by atoms with van der Waals surface area (Å²) in [5, 5.41) is 0. The molecule has 1 saturated carbocycles. The number of ether oxygens (including phenoxy) is 1. The van der Waals surface area contributed by atoms with Crippen LogP contribution in [0.25, 0.3) is 0 Å². The molecule has 1 unspecified atom stereocenters. The van der Waals surface area contributed by atoms with E-state index in [2.05, 4.69) is 18.7 Å². The van der Waals surface area contributed by atoms with Gasteiger partial charge in [0.05, 0.1) is 0 Å². The van der Waals surface area contributed by atoms with Crippen molar-refractivity contribution in [1.29, 1.82) is 0 Å². The van der Waals surface area contributed by atoms with Gasteiger partial charge in [-0.25, -0.2) is 4.79 Å². The minimum atomic E-state index is -0.460. The molecule has 1 aliphatic heterocycles. The van der Waals surface area contributed by atoms with Gasteiger partial charge in [0, 0.05) is 51.7 Å². The van der Waals surface area contributed by atoms with E-state index in [1.54, 1.807) is 6.92 Å². The van der Waals surface area contributed by atoms with Gasteiger partial charge >= 0.3 is 6.09 Å². The zero-order chi connectivity index (χ0) is 20.9. The average molecular weight is 396 g/mol. The SMILES string of the molecule is CC(=O)N(CC(C1CCCCC1)N1CCN(C(=O)OC(C)(C)C)CC1)C(C)C. The van der Waals surface area contributed by atoms with Gasteiger partial charge in [-0.05, 0) is 53.4 Å². The monoisotopic (exact) mass is 395 g/mol. The molecule has 1 heterocycles. The maximum Gasteiger partial charge on any atom is 0.410 e. The summed E-state index contributed by atoms with van der Waals surface area (Å²) in [5.41, 5.74) is -0.460. The van der Waals surface area contributed by atoms with Crippen molar-refractivity contribution in [2.75, 3.05) is 32.7 Å². The van der Waals surface area contributed by atoms with Crippen molar-refractivity contribution < 1.29 is 14.3 Å². The zero-order valence-corrected chi connectivity index (χ0v) is 18.9. The van der Waals surface area contributed by atoms with Crippen molar-refractivity contribution in [1.82, 2.24) is 14.7 Å². The van der Waals surface area contributed by atoms with E-state index in [0.717, 1.165) is 19.6 Å². The third-order valence-corrected chi connectivity index (χ3v) is 6.04. The summed E-state index contributed by atoms with van der Waals surface area (Å²) in [4.78, 5) is 30.9. The minimum Gasteiger partial charge on any atom is -0.444 e. The summed E-state index contributed by atoms with van der Waals surface area (Å²) in [6.07, 6.45) is 6.20. The Morgan fingerprint density at radius 2 is 1.61 bits per heavy atom. The second-order valence-electron chi connectivity index (χ2n) is 9.73. The molecule has 2 rings (SSSR count). The van der Waals surface area contributed by atoms with Crippen LogP contribution in [0, 0.1) is 5.92 Å². The first kappa shape index (κ1) is 23.0. The topological polar surface area (TPSA) is 53.1 Å². The maximum absolute atomic E-state index is 12.4. The first-order valence-corrected chi connectivity index (χ1v) is 11.1. The molecule has 1 saturated heterocycles.